The zero-order chi connectivity index (χ0) is 15.5. The van der Waals surface area contributed by atoms with Crippen molar-refractivity contribution in [2.45, 2.75) is 18.9 Å². The van der Waals surface area contributed by atoms with Gasteiger partial charge in [-0.25, -0.2) is 0 Å². The van der Waals surface area contributed by atoms with Gasteiger partial charge < -0.3 is 19.9 Å². The molecular weight excluding hydrogens is 302 g/mol. The smallest absolute Gasteiger partial charge is 0.267 e. The van der Waals surface area contributed by atoms with E-state index in [-0.39, 0.29) is 17.9 Å². The molecule has 2 saturated heterocycles. The molecule has 0 saturated carbocycles. The highest BCUT2D eigenvalue weighted by Crippen LogP contribution is 2.27. The fourth-order valence-corrected chi connectivity index (χ4v) is 3.98. The van der Waals surface area contributed by atoms with Gasteiger partial charge in [-0.1, -0.05) is 0 Å². The van der Waals surface area contributed by atoms with Crippen LogP contribution < -0.4 is 10.1 Å². The molecule has 1 unspecified atom stereocenters. The van der Waals surface area contributed by atoms with E-state index < -0.39 is 0 Å². The molecule has 3 rings (SSSR count). The van der Waals surface area contributed by atoms with Crippen molar-refractivity contribution in [3.05, 3.63) is 16.3 Å². The first-order valence-electron chi connectivity index (χ1n) is 7.61. The summed E-state index contributed by atoms with van der Waals surface area (Å²) in [4.78, 5) is 29.2. The summed E-state index contributed by atoms with van der Waals surface area (Å²) < 4.78 is 5.25. The zero-order valence-electron chi connectivity index (χ0n) is 12.7. The average Bonchev–Trinajstić information content (AvgIpc) is 3.03. The van der Waals surface area contributed by atoms with E-state index in [1.54, 1.807) is 7.11 Å². The predicted molar refractivity (Wildman–Crippen MR) is 84.4 cm³/mol. The summed E-state index contributed by atoms with van der Waals surface area (Å²) >= 11 is 1.41. The van der Waals surface area contributed by atoms with Gasteiger partial charge in [-0.05, 0) is 24.3 Å². The number of carbonyl (C=O) groups excluding carboxylic acids is 2. The highest BCUT2D eigenvalue weighted by atomic mass is 32.1. The number of thiophene rings is 1. The van der Waals surface area contributed by atoms with Gasteiger partial charge in [0.15, 0.2) is 0 Å². The third kappa shape index (κ3) is 2.96. The molecule has 0 spiro atoms. The predicted octanol–water partition coefficient (Wildman–Crippen LogP) is 0.793. The van der Waals surface area contributed by atoms with Crippen LogP contribution in [0.3, 0.4) is 0 Å². The van der Waals surface area contributed by atoms with E-state index in [4.69, 9.17) is 4.74 Å². The van der Waals surface area contributed by atoms with E-state index in [1.807, 2.05) is 21.2 Å². The summed E-state index contributed by atoms with van der Waals surface area (Å²) in [6.45, 7) is 3.33. The SMILES string of the molecule is COc1ccsc1C(=O)N1CCCC(N2CCNCC2=O)C1. The van der Waals surface area contributed by atoms with Crippen molar-refractivity contribution in [1.29, 1.82) is 0 Å². The van der Waals surface area contributed by atoms with Crippen molar-refractivity contribution in [1.82, 2.24) is 15.1 Å². The van der Waals surface area contributed by atoms with Gasteiger partial charge in [-0.2, -0.15) is 0 Å². The molecule has 0 bridgehead atoms. The Labute approximate surface area is 134 Å². The van der Waals surface area contributed by atoms with Crippen molar-refractivity contribution in [2.24, 2.45) is 0 Å². The number of ether oxygens (including phenoxy) is 1. The fraction of sp³-hybridized carbons (Fsp3) is 0.600. The lowest BCUT2D eigenvalue weighted by atomic mass is 10.0. The van der Waals surface area contributed by atoms with Crippen LogP contribution in [-0.2, 0) is 4.79 Å². The van der Waals surface area contributed by atoms with Gasteiger partial charge in [0.1, 0.15) is 10.6 Å². The Bertz CT molecular complexity index is 560. The third-order valence-corrected chi connectivity index (χ3v) is 5.18. The fourth-order valence-electron chi connectivity index (χ4n) is 3.16. The van der Waals surface area contributed by atoms with Gasteiger partial charge in [0, 0.05) is 32.2 Å². The van der Waals surface area contributed by atoms with Crippen molar-refractivity contribution < 1.29 is 14.3 Å². The normalized spacial score (nSPS) is 22.8. The first-order valence-corrected chi connectivity index (χ1v) is 8.49. The number of hydrogen-bond acceptors (Lipinski definition) is 5. The Kier molecular flexibility index (Phi) is 4.63. The summed E-state index contributed by atoms with van der Waals surface area (Å²) in [7, 11) is 1.58. The maximum absolute atomic E-state index is 12.7. The van der Waals surface area contributed by atoms with Crippen molar-refractivity contribution in [2.75, 3.05) is 39.8 Å². The summed E-state index contributed by atoms with van der Waals surface area (Å²) in [6, 6.07) is 1.96. The third-order valence-electron chi connectivity index (χ3n) is 4.29. The molecule has 1 N–H and O–H groups in total. The first kappa shape index (κ1) is 15.3. The number of piperazine rings is 1. The molecule has 1 aromatic rings. The van der Waals surface area contributed by atoms with Crippen LogP contribution in [0.1, 0.15) is 22.5 Å². The molecular formula is C15H21N3O3S. The Balaban J connectivity index is 1.70. The molecule has 1 aromatic heterocycles. The number of nitrogens with one attached hydrogen (secondary N) is 1. The largest absolute Gasteiger partial charge is 0.495 e. The van der Waals surface area contributed by atoms with E-state index in [9.17, 15) is 9.59 Å². The maximum atomic E-state index is 12.7. The lowest BCUT2D eigenvalue weighted by molar-refractivity contribution is -0.135. The highest BCUT2D eigenvalue weighted by molar-refractivity contribution is 7.12. The Morgan fingerprint density at radius 3 is 3.09 bits per heavy atom. The molecule has 2 aliphatic heterocycles. The van der Waals surface area contributed by atoms with Gasteiger partial charge in [0.25, 0.3) is 5.91 Å². The minimum absolute atomic E-state index is 0.0131. The minimum Gasteiger partial charge on any atom is -0.495 e. The van der Waals surface area contributed by atoms with Gasteiger partial charge in [-0.3, -0.25) is 9.59 Å². The topological polar surface area (TPSA) is 61.9 Å². The molecule has 6 nitrogen and oxygen atoms in total. The monoisotopic (exact) mass is 323 g/mol. The average molecular weight is 323 g/mol. The van der Waals surface area contributed by atoms with Crippen molar-refractivity contribution >= 4 is 23.2 Å². The molecule has 3 heterocycles. The number of likely N-dealkylation sites (tertiary alicyclic amines) is 1. The summed E-state index contributed by atoms with van der Waals surface area (Å²) in [5.41, 5.74) is 0. The molecule has 0 radical (unpaired) electrons. The Morgan fingerprint density at radius 2 is 2.32 bits per heavy atom. The summed E-state index contributed by atoms with van der Waals surface area (Å²) in [5, 5.41) is 4.96. The highest BCUT2D eigenvalue weighted by Gasteiger charge is 2.32. The van der Waals surface area contributed by atoms with Gasteiger partial charge in [0.2, 0.25) is 5.91 Å². The lowest BCUT2D eigenvalue weighted by Crippen LogP contribution is -2.57. The van der Waals surface area contributed by atoms with E-state index in [1.165, 1.54) is 11.3 Å². The van der Waals surface area contributed by atoms with E-state index >= 15 is 0 Å². The van der Waals surface area contributed by atoms with E-state index in [0.717, 1.165) is 32.5 Å². The number of methoxy groups -OCH3 is 1. The van der Waals surface area contributed by atoms with Crippen LogP contribution in [0.25, 0.3) is 0 Å². The molecule has 120 valence electrons. The van der Waals surface area contributed by atoms with E-state index in [2.05, 4.69) is 5.32 Å². The maximum Gasteiger partial charge on any atom is 0.267 e. The van der Waals surface area contributed by atoms with Crippen LogP contribution in [0.5, 0.6) is 5.75 Å². The molecule has 2 fully saturated rings. The zero-order valence-corrected chi connectivity index (χ0v) is 13.5. The molecule has 0 aliphatic carbocycles. The van der Waals surface area contributed by atoms with Crippen LogP contribution >= 0.6 is 11.3 Å². The van der Waals surface area contributed by atoms with E-state index in [0.29, 0.717) is 23.7 Å². The standard InChI is InChI=1S/C15H21N3O3S/c1-21-12-4-8-22-14(12)15(20)17-6-2-3-11(10-17)18-7-5-16-9-13(18)19/h4,8,11,16H,2-3,5-7,9-10H2,1H3. The molecule has 22 heavy (non-hydrogen) atoms. The quantitative estimate of drug-likeness (QED) is 0.893. The summed E-state index contributed by atoms with van der Waals surface area (Å²) in [5.74, 6) is 0.786. The number of hydrogen-bond donors (Lipinski definition) is 1. The lowest BCUT2D eigenvalue weighted by Gasteiger charge is -2.41. The number of rotatable bonds is 3. The Morgan fingerprint density at radius 1 is 1.45 bits per heavy atom. The second kappa shape index (κ2) is 6.66. The van der Waals surface area contributed by atoms with Gasteiger partial charge >= 0.3 is 0 Å². The van der Waals surface area contributed by atoms with Crippen LogP contribution in [-0.4, -0.2) is 67.5 Å². The second-order valence-electron chi connectivity index (χ2n) is 5.63. The summed E-state index contributed by atoms with van der Waals surface area (Å²) in [6.07, 6.45) is 1.90. The number of carbonyl (C=O) groups is 2. The second-order valence-corrected chi connectivity index (χ2v) is 6.55. The first-order chi connectivity index (χ1) is 10.7. The Hall–Kier alpha value is -1.60. The number of nitrogens with zero attached hydrogens (tertiary/aromatic N) is 2. The molecule has 1 atom stereocenters. The number of piperidine rings is 1. The van der Waals surface area contributed by atoms with Gasteiger partial charge in [-0.15, -0.1) is 11.3 Å². The van der Waals surface area contributed by atoms with Crippen molar-refractivity contribution in [3.8, 4) is 5.75 Å². The molecule has 7 heteroatoms. The number of amides is 2. The van der Waals surface area contributed by atoms with Crippen molar-refractivity contribution in [3.63, 3.8) is 0 Å². The van der Waals surface area contributed by atoms with Crippen LogP contribution in [0.15, 0.2) is 11.4 Å². The van der Waals surface area contributed by atoms with Crippen LogP contribution in [0.4, 0.5) is 0 Å². The van der Waals surface area contributed by atoms with Crippen LogP contribution in [0, 0.1) is 0 Å². The molecule has 2 aliphatic rings. The minimum atomic E-state index is 0.0131. The van der Waals surface area contributed by atoms with Crippen LogP contribution in [0.2, 0.25) is 0 Å². The molecule has 2 amide bonds. The van der Waals surface area contributed by atoms with Gasteiger partial charge in [0.05, 0.1) is 13.7 Å². The molecule has 0 aromatic carbocycles.